The van der Waals surface area contributed by atoms with Crippen molar-refractivity contribution in [3.8, 4) is 0 Å². The zero-order valence-electron chi connectivity index (χ0n) is 15.1. The van der Waals surface area contributed by atoms with E-state index >= 15 is 0 Å². The lowest BCUT2D eigenvalue weighted by Crippen LogP contribution is -2.11. The van der Waals surface area contributed by atoms with Gasteiger partial charge in [-0.2, -0.15) is 0 Å². The summed E-state index contributed by atoms with van der Waals surface area (Å²) < 4.78 is 0. The molecule has 0 unspecified atom stereocenters. The van der Waals surface area contributed by atoms with E-state index in [0.29, 0.717) is 5.56 Å². The second kappa shape index (κ2) is 7.41. The Morgan fingerprint density at radius 1 is 1.07 bits per heavy atom. The summed E-state index contributed by atoms with van der Waals surface area (Å²) in [6, 6.07) is 17.6. The number of pyridine rings is 1. The van der Waals surface area contributed by atoms with E-state index in [0.717, 1.165) is 35.4 Å². The van der Waals surface area contributed by atoms with Gasteiger partial charge in [-0.1, -0.05) is 18.2 Å². The zero-order chi connectivity index (χ0) is 18.6. The number of hydrogen-bond acceptors (Lipinski definition) is 3. The highest BCUT2D eigenvalue weighted by atomic mass is 16.1. The molecule has 0 aliphatic carbocycles. The van der Waals surface area contributed by atoms with Crippen molar-refractivity contribution in [3.05, 3.63) is 89.5 Å². The number of imidazole rings is 1. The Balaban J connectivity index is 1.38. The maximum absolute atomic E-state index is 12.2. The monoisotopic (exact) mass is 356 g/mol. The first-order chi connectivity index (χ1) is 13.2. The molecule has 0 aliphatic heterocycles. The van der Waals surface area contributed by atoms with Crippen LogP contribution in [0.5, 0.6) is 0 Å². The van der Waals surface area contributed by atoms with Crippen LogP contribution in [0.15, 0.2) is 67.0 Å². The molecule has 0 aliphatic rings. The summed E-state index contributed by atoms with van der Waals surface area (Å²) in [5.74, 6) is 0.831. The molecule has 27 heavy (non-hydrogen) atoms. The molecule has 5 nitrogen and oxygen atoms in total. The fourth-order valence-electron chi connectivity index (χ4n) is 3.01. The standard InChI is InChI=1S/C22H20N4O/c1-15-4-10-19-20(13-15)26-21(25-19)11-7-16-5-8-18(9-6-16)24-22(27)17-3-2-12-23-14-17/h2-6,8-10,12-14H,7,11H2,1H3,(H,24,27)(H,25,26). The quantitative estimate of drug-likeness (QED) is 0.560. The van der Waals surface area contributed by atoms with Crippen molar-refractivity contribution < 1.29 is 4.79 Å². The van der Waals surface area contributed by atoms with Gasteiger partial charge >= 0.3 is 0 Å². The van der Waals surface area contributed by atoms with E-state index in [-0.39, 0.29) is 5.91 Å². The fourth-order valence-corrected chi connectivity index (χ4v) is 3.01. The van der Waals surface area contributed by atoms with Gasteiger partial charge in [-0.05, 0) is 60.9 Å². The van der Waals surface area contributed by atoms with Crippen LogP contribution in [0.25, 0.3) is 11.0 Å². The largest absolute Gasteiger partial charge is 0.342 e. The van der Waals surface area contributed by atoms with Crippen molar-refractivity contribution >= 4 is 22.6 Å². The van der Waals surface area contributed by atoms with Gasteiger partial charge < -0.3 is 10.3 Å². The summed E-state index contributed by atoms with van der Waals surface area (Å²) in [5.41, 5.74) is 5.82. The van der Waals surface area contributed by atoms with Crippen molar-refractivity contribution in [1.29, 1.82) is 0 Å². The molecule has 0 spiro atoms. The van der Waals surface area contributed by atoms with Crippen LogP contribution in [-0.4, -0.2) is 20.9 Å². The average molecular weight is 356 g/mol. The van der Waals surface area contributed by atoms with E-state index in [1.54, 1.807) is 24.5 Å². The molecule has 4 aromatic rings. The van der Waals surface area contributed by atoms with E-state index in [4.69, 9.17) is 0 Å². The third kappa shape index (κ3) is 4.03. The number of fused-ring (bicyclic) bond motifs is 1. The Morgan fingerprint density at radius 2 is 1.93 bits per heavy atom. The molecule has 0 radical (unpaired) electrons. The van der Waals surface area contributed by atoms with Gasteiger partial charge in [-0.15, -0.1) is 0 Å². The summed E-state index contributed by atoms with van der Waals surface area (Å²) in [5, 5.41) is 2.88. The van der Waals surface area contributed by atoms with Gasteiger partial charge in [0.25, 0.3) is 5.91 Å². The number of nitrogens with zero attached hydrogens (tertiary/aromatic N) is 2. The van der Waals surface area contributed by atoms with Gasteiger partial charge in [0, 0.05) is 24.5 Å². The summed E-state index contributed by atoms with van der Waals surface area (Å²) in [6.07, 6.45) is 4.93. The molecule has 2 aromatic heterocycles. The Labute approximate surface area is 157 Å². The first kappa shape index (κ1) is 17.0. The molecule has 2 N–H and O–H groups in total. The van der Waals surface area contributed by atoms with Gasteiger partial charge in [-0.3, -0.25) is 9.78 Å². The zero-order valence-corrected chi connectivity index (χ0v) is 15.1. The van der Waals surface area contributed by atoms with Gasteiger partial charge in [0.15, 0.2) is 0 Å². The predicted octanol–water partition coefficient (Wildman–Crippen LogP) is 4.30. The third-order valence-corrected chi connectivity index (χ3v) is 4.47. The number of rotatable bonds is 5. The van der Waals surface area contributed by atoms with E-state index < -0.39 is 0 Å². The van der Waals surface area contributed by atoms with Gasteiger partial charge in [0.1, 0.15) is 5.82 Å². The van der Waals surface area contributed by atoms with Crippen LogP contribution in [0.2, 0.25) is 0 Å². The number of aromatic nitrogens is 3. The molecule has 0 saturated carbocycles. The van der Waals surface area contributed by atoms with Crippen LogP contribution < -0.4 is 5.32 Å². The molecule has 2 heterocycles. The highest BCUT2D eigenvalue weighted by Gasteiger charge is 2.06. The first-order valence-electron chi connectivity index (χ1n) is 8.93. The minimum absolute atomic E-state index is 0.159. The molecule has 134 valence electrons. The molecule has 0 fully saturated rings. The number of nitrogens with one attached hydrogen (secondary N) is 2. The maximum atomic E-state index is 12.2. The average Bonchev–Trinajstić information content (AvgIpc) is 3.10. The number of hydrogen-bond donors (Lipinski definition) is 2. The van der Waals surface area contributed by atoms with Crippen LogP contribution in [-0.2, 0) is 12.8 Å². The lowest BCUT2D eigenvalue weighted by Gasteiger charge is -2.06. The fraction of sp³-hybridized carbons (Fsp3) is 0.136. The molecule has 2 aromatic carbocycles. The Hall–Kier alpha value is -3.47. The van der Waals surface area contributed by atoms with Gasteiger partial charge in [-0.25, -0.2) is 4.98 Å². The predicted molar refractivity (Wildman–Crippen MR) is 107 cm³/mol. The lowest BCUT2D eigenvalue weighted by molar-refractivity contribution is 0.102. The second-order valence-corrected chi connectivity index (χ2v) is 6.60. The smallest absolute Gasteiger partial charge is 0.257 e. The molecule has 0 bridgehead atoms. The Kier molecular flexibility index (Phi) is 4.66. The highest BCUT2D eigenvalue weighted by Crippen LogP contribution is 2.16. The Morgan fingerprint density at radius 3 is 2.70 bits per heavy atom. The van der Waals surface area contributed by atoms with Crippen LogP contribution in [0.4, 0.5) is 5.69 Å². The lowest BCUT2D eigenvalue weighted by atomic mass is 10.1. The molecular weight excluding hydrogens is 336 g/mol. The number of aromatic amines is 1. The minimum Gasteiger partial charge on any atom is -0.342 e. The molecular formula is C22H20N4O. The SMILES string of the molecule is Cc1ccc2nc(CCc3ccc(NC(=O)c4cccnc4)cc3)[nH]c2c1. The van der Waals surface area contributed by atoms with Crippen molar-refractivity contribution in [1.82, 2.24) is 15.0 Å². The van der Waals surface area contributed by atoms with E-state index in [9.17, 15) is 4.79 Å². The minimum atomic E-state index is -0.159. The number of carbonyl (C=O) groups is 1. The normalized spacial score (nSPS) is 10.9. The molecule has 0 saturated heterocycles. The second-order valence-electron chi connectivity index (χ2n) is 6.60. The summed E-state index contributed by atoms with van der Waals surface area (Å²) >= 11 is 0. The van der Waals surface area contributed by atoms with E-state index in [2.05, 4.69) is 39.3 Å². The number of amides is 1. The first-order valence-corrected chi connectivity index (χ1v) is 8.93. The summed E-state index contributed by atoms with van der Waals surface area (Å²) in [7, 11) is 0. The van der Waals surface area contributed by atoms with E-state index in [1.807, 2.05) is 30.3 Å². The number of aryl methyl sites for hydroxylation is 3. The highest BCUT2D eigenvalue weighted by molar-refractivity contribution is 6.04. The summed E-state index contributed by atoms with van der Waals surface area (Å²) in [6.45, 7) is 2.08. The van der Waals surface area contributed by atoms with Crippen LogP contribution in [0.3, 0.4) is 0 Å². The van der Waals surface area contributed by atoms with Crippen LogP contribution in [0, 0.1) is 6.92 Å². The van der Waals surface area contributed by atoms with Crippen molar-refractivity contribution in [2.75, 3.05) is 5.32 Å². The number of anilines is 1. The maximum Gasteiger partial charge on any atom is 0.257 e. The number of H-pyrrole nitrogens is 1. The molecule has 0 atom stereocenters. The summed E-state index contributed by atoms with van der Waals surface area (Å²) in [4.78, 5) is 24.1. The number of benzene rings is 2. The van der Waals surface area contributed by atoms with Crippen LogP contribution >= 0.6 is 0 Å². The Bertz CT molecular complexity index is 1070. The topological polar surface area (TPSA) is 70.7 Å². The number of carbonyl (C=O) groups excluding carboxylic acids is 1. The van der Waals surface area contributed by atoms with Gasteiger partial charge in [0.2, 0.25) is 0 Å². The van der Waals surface area contributed by atoms with Crippen molar-refractivity contribution in [2.45, 2.75) is 19.8 Å². The van der Waals surface area contributed by atoms with Crippen molar-refractivity contribution in [3.63, 3.8) is 0 Å². The third-order valence-electron chi connectivity index (χ3n) is 4.47. The molecule has 5 heteroatoms. The molecule has 1 amide bonds. The van der Waals surface area contributed by atoms with Gasteiger partial charge in [0.05, 0.1) is 16.6 Å². The van der Waals surface area contributed by atoms with E-state index in [1.165, 1.54) is 11.1 Å². The molecule has 4 rings (SSSR count). The van der Waals surface area contributed by atoms with Crippen LogP contribution in [0.1, 0.15) is 27.3 Å². The van der Waals surface area contributed by atoms with Crippen molar-refractivity contribution in [2.24, 2.45) is 0 Å².